The van der Waals surface area contributed by atoms with Crippen LogP contribution in [0, 0.1) is 30.1 Å². The third kappa shape index (κ3) is 2.84. The molecule has 3 rings (SSSR count). The summed E-state index contributed by atoms with van der Waals surface area (Å²) in [5, 5.41) is 13.1. The lowest BCUT2D eigenvalue weighted by molar-refractivity contribution is -0.146. The standard InChI is InChI=1S/C20H23N3O3/c1-5-26-20(25)18-17-14(9-21)15(12(3)24)10-23(4)19(17)13-8-11(2)6-7-16(13)22-18/h6-8,10,14,17-19,22H,5H2,1-4H3/t14-,17-,18?,19+/m0/s1. The summed E-state index contributed by atoms with van der Waals surface area (Å²) in [5.41, 5.74) is 3.42. The van der Waals surface area contributed by atoms with E-state index in [1.54, 1.807) is 13.1 Å². The molecule has 0 aliphatic carbocycles. The first-order valence-corrected chi connectivity index (χ1v) is 8.77. The van der Waals surface area contributed by atoms with Crippen molar-refractivity contribution in [2.75, 3.05) is 19.0 Å². The summed E-state index contributed by atoms with van der Waals surface area (Å²) in [4.78, 5) is 26.7. The fraction of sp³-hybridized carbons (Fsp3) is 0.450. The second-order valence-electron chi connectivity index (χ2n) is 6.90. The van der Waals surface area contributed by atoms with E-state index >= 15 is 0 Å². The average molecular weight is 353 g/mol. The maximum absolute atomic E-state index is 12.7. The van der Waals surface area contributed by atoms with E-state index in [0.717, 1.165) is 16.8 Å². The van der Waals surface area contributed by atoms with E-state index in [0.29, 0.717) is 5.57 Å². The van der Waals surface area contributed by atoms with Gasteiger partial charge in [-0.3, -0.25) is 4.79 Å². The molecule has 1 aromatic rings. The van der Waals surface area contributed by atoms with Crippen molar-refractivity contribution in [3.05, 3.63) is 41.1 Å². The van der Waals surface area contributed by atoms with Crippen LogP contribution in [0.3, 0.4) is 0 Å². The molecular weight excluding hydrogens is 330 g/mol. The van der Waals surface area contributed by atoms with Gasteiger partial charge in [-0.25, -0.2) is 4.79 Å². The first-order valence-electron chi connectivity index (χ1n) is 8.77. The Morgan fingerprint density at radius 2 is 2.12 bits per heavy atom. The van der Waals surface area contributed by atoms with Crippen LogP contribution in [0.5, 0.6) is 0 Å². The first kappa shape index (κ1) is 18.0. The molecule has 6 heteroatoms. The minimum absolute atomic E-state index is 0.153. The van der Waals surface area contributed by atoms with Crippen molar-refractivity contribution in [1.29, 1.82) is 5.26 Å². The number of esters is 1. The molecule has 6 nitrogen and oxygen atoms in total. The zero-order valence-electron chi connectivity index (χ0n) is 15.4. The second-order valence-corrected chi connectivity index (χ2v) is 6.90. The van der Waals surface area contributed by atoms with Crippen molar-refractivity contribution < 1.29 is 14.3 Å². The van der Waals surface area contributed by atoms with Crippen molar-refractivity contribution >= 4 is 17.4 Å². The van der Waals surface area contributed by atoms with E-state index in [1.807, 2.05) is 31.0 Å². The third-order valence-corrected chi connectivity index (χ3v) is 5.17. The lowest BCUT2D eigenvalue weighted by Gasteiger charge is -2.48. The van der Waals surface area contributed by atoms with Gasteiger partial charge in [0.1, 0.15) is 6.04 Å². The van der Waals surface area contributed by atoms with Crippen LogP contribution < -0.4 is 5.32 Å². The Morgan fingerprint density at radius 1 is 1.38 bits per heavy atom. The Kier molecular flexibility index (Phi) is 4.73. The predicted octanol–water partition coefficient (Wildman–Crippen LogP) is 2.57. The highest BCUT2D eigenvalue weighted by molar-refractivity contribution is 5.95. The number of nitrogens with one attached hydrogen (secondary N) is 1. The summed E-state index contributed by atoms with van der Waals surface area (Å²) in [6.45, 7) is 5.48. The number of anilines is 1. The summed E-state index contributed by atoms with van der Waals surface area (Å²) in [7, 11) is 1.88. The van der Waals surface area contributed by atoms with Gasteiger partial charge in [0.25, 0.3) is 0 Å². The normalized spacial score (nSPS) is 26.6. The van der Waals surface area contributed by atoms with Gasteiger partial charge in [-0.2, -0.15) is 5.26 Å². The lowest BCUT2D eigenvalue weighted by atomic mass is 9.69. The number of nitriles is 1. The molecule has 0 saturated carbocycles. The molecule has 2 aliphatic rings. The number of hydrogen-bond donors (Lipinski definition) is 1. The topological polar surface area (TPSA) is 82.4 Å². The molecule has 0 bridgehead atoms. The number of hydrogen-bond acceptors (Lipinski definition) is 6. The van der Waals surface area contributed by atoms with Gasteiger partial charge in [-0.1, -0.05) is 17.7 Å². The van der Waals surface area contributed by atoms with Crippen molar-refractivity contribution in [1.82, 2.24) is 4.90 Å². The van der Waals surface area contributed by atoms with E-state index in [-0.39, 0.29) is 18.4 Å². The quantitative estimate of drug-likeness (QED) is 0.841. The van der Waals surface area contributed by atoms with Gasteiger partial charge >= 0.3 is 5.97 Å². The summed E-state index contributed by atoms with van der Waals surface area (Å²) in [5.74, 6) is -1.64. The van der Waals surface area contributed by atoms with Crippen LogP contribution in [0.1, 0.15) is 31.0 Å². The smallest absolute Gasteiger partial charge is 0.328 e. The molecule has 26 heavy (non-hydrogen) atoms. The predicted molar refractivity (Wildman–Crippen MR) is 97.1 cm³/mol. The molecule has 1 unspecified atom stereocenters. The number of nitrogens with zero attached hydrogens (tertiary/aromatic N) is 2. The molecule has 0 aromatic heterocycles. The number of carbonyl (C=O) groups is 2. The van der Waals surface area contributed by atoms with Gasteiger partial charge in [0, 0.05) is 30.4 Å². The van der Waals surface area contributed by atoms with E-state index in [9.17, 15) is 14.9 Å². The number of fused-ring (bicyclic) bond motifs is 3. The highest BCUT2D eigenvalue weighted by Crippen LogP contribution is 2.48. The Morgan fingerprint density at radius 3 is 2.73 bits per heavy atom. The molecular formula is C20H23N3O3. The third-order valence-electron chi connectivity index (χ3n) is 5.17. The Hall–Kier alpha value is -2.81. The molecule has 0 amide bonds. The summed E-state index contributed by atoms with van der Waals surface area (Å²) in [6.07, 6.45) is 1.75. The van der Waals surface area contributed by atoms with Crippen molar-refractivity contribution in [2.24, 2.45) is 11.8 Å². The molecule has 0 spiro atoms. The maximum Gasteiger partial charge on any atom is 0.328 e. The number of ketones is 1. The number of allylic oxidation sites excluding steroid dienone is 1. The van der Waals surface area contributed by atoms with Gasteiger partial charge in [-0.15, -0.1) is 0 Å². The van der Waals surface area contributed by atoms with Gasteiger partial charge < -0.3 is 15.0 Å². The summed E-state index contributed by atoms with van der Waals surface area (Å²) in [6, 6.07) is 7.39. The van der Waals surface area contributed by atoms with Crippen LogP contribution in [0.2, 0.25) is 0 Å². The van der Waals surface area contributed by atoms with E-state index in [4.69, 9.17) is 4.74 Å². The van der Waals surface area contributed by atoms with E-state index in [1.165, 1.54) is 6.92 Å². The van der Waals surface area contributed by atoms with Crippen molar-refractivity contribution in [3.63, 3.8) is 0 Å². The van der Waals surface area contributed by atoms with Gasteiger partial charge in [0.15, 0.2) is 5.78 Å². The Balaban J connectivity index is 2.19. The molecule has 2 aliphatic heterocycles. The summed E-state index contributed by atoms with van der Waals surface area (Å²) >= 11 is 0. The van der Waals surface area contributed by atoms with Gasteiger partial charge in [0.2, 0.25) is 0 Å². The number of Topliss-reactive ketones (excluding diaryl/α,β-unsaturated/α-hetero) is 1. The highest BCUT2D eigenvalue weighted by atomic mass is 16.5. The Labute approximate surface area is 153 Å². The van der Waals surface area contributed by atoms with Crippen LogP contribution in [0.4, 0.5) is 5.69 Å². The zero-order valence-corrected chi connectivity index (χ0v) is 15.4. The average Bonchev–Trinajstić information content (AvgIpc) is 2.60. The number of benzene rings is 1. The van der Waals surface area contributed by atoms with Crippen LogP contribution in [0.25, 0.3) is 0 Å². The van der Waals surface area contributed by atoms with Crippen LogP contribution in [-0.2, 0) is 14.3 Å². The fourth-order valence-electron chi connectivity index (χ4n) is 4.08. The minimum atomic E-state index is -0.690. The van der Waals surface area contributed by atoms with Crippen molar-refractivity contribution in [3.8, 4) is 6.07 Å². The molecule has 1 aromatic carbocycles. The van der Waals surface area contributed by atoms with Crippen LogP contribution in [0.15, 0.2) is 30.0 Å². The molecule has 1 N–H and O–H groups in total. The molecule has 4 atom stereocenters. The van der Waals surface area contributed by atoms with Crippen molar-refractivity contribution in [2.45, 2.75) is 32.9 Å². The van der Waals surface area contributed by atoms with Gasteiger partial charge in [0.05, 0.1) is 24.6 Å². The van der Waals surface area contributed by atoms with Crippen LogP contribution in [-0.4, -0.2) is 36.3 Å². The minimum Gasteiger partial charge on any atom is -0.464 e. The molecule has 2 heterocycles. The SMILES string of the molecule is CCOC(=O)C1Nc2ccc(C)cc2[C@@H]2[C@H]1[C@@H](C#N)C(C(C)=O)=CN2C. The largest absolute Gasteiger partial charge is 0.464 e. The first-order chi connectivity index (χ1) is 12.4. The second kappa shape index (κ2) is 6.83. The lowest BCUT2D eigenvalue weighted by Crippen LogP contribution is -2.53. The molecule has 0 radical (unpaired) electrons. The van der Waals surface area contributed by atoms with Gasteiger partial charge in [-0.05, 0) is 32.4 Å². The number of ether oxygens (including phenoxy) is 1. The molecule has 0 saturated heterocycles. The molecule has 136 valence electrons. The number of aryl methyl sites for hydroxylation is 1. The monoisotopic (exact) mass is 353 g/mol. The number of carbonyl (C=O) groups excluding carboxylic acids is 2. The van der Waals surface area contributed by atoms with E-state index < -0.39 is 23.8 Å². The zero-order chi connectivity index (χ0) is 19.0. The maximum atomic E-state index is 12.7. The summed E-state index contributed by atoms with van der Waals surface area (Å²) < 4.78 is 5.26. The molecule has 0 fully saturated rings. The van der Waals surface area contributed by atoms with E-state index in [2.05, 4.69) is 17.5 Å². The fourth-order valence-corrected chi connectivity index (χ4v) is 4.08. The highest BCUT2D eigenvalue weighted by Gasteiger charge is 2.50. The van der Waals surface area contributed by atoms with Crippen LogP contribution >= 0.6 is 0 Å². The Bertz CT molecular complexity index is 824. The number of rotatable bonds is 3.